The standard InChI is InChI=1S/C12H23ClO/c1-3-4-5-6-7-10(2)14-12-8-11(13)9-12/h10-12H,3-9H2,1-2H3. The summed E-state index contributed by atoms with van der Waals surface area (Å²) in [7, 11) is 0. The molecule has 0 aromatic heterocycles. The van der Waals surface area contributed by atoms with E-state index in [0.717, 1.165) is 12.8 Å². The van der Waals surface area contributed by atoms with Crippen molar-refractivity contribution in [1.29, 1.82) is 0 Å². The van der Waals surface area contributed by atoms with E-state index < -0.39 is 0 Å². The van der Waals surface area contributed by atoms with Crippen LogP contribution in [0.3, 0.4) is 0 Å². The minimum absolute atomic E-state index is 0.382. The molecule has 0 aromatic carbocycles. The van der Waals surface area contributed by atoms with Gasteiger partial charge in [-0.05, 0) is 26.2 Å². The van der Waals surface area contributed by atoms with Crippen molar-refractivity contribution in [3.05, 3.63) is 0 Å². The summed E-state index contributed by atoms with van der Waals surface area (Å²) in [6, 6.07) is 0. The molecule has 1 unspecified atom stereocenters. The van der Waals surface area contributed by atoms with E-state index in [1.165, 1.54) is 32.1 Å². The molecule has 84 valence electrons. The number of halogens is 1. The highest BCUT2D eigenvalue weighted by Crippen LogP contribution is 2.29. The fraction of sp³-hybridized carbons (Fsp3) is 1.00. The van der Waals surface area contributed by atoms with E-state index in [4.69, 9.17) is 16.3 Å². The molecule has 1 saturated carbocycles. The van der Waals surface area contributed by atoms with Crippen molar-refractivity contribution >= 4 is 11.6 Å². The monoisotopic (exact) mass is 218 g/mol. The fourth-order valence-electron chi connectivity index (χ4n) is 1.87. The van der Waals surface area contributed by atoms with Crippen molar-refractivity contribution in [2.75, 3.05) is 0 Å². The van der Waals surface area contributed by atoms with Crippen molar-refractivity contribution in [3.63, 3.8) is 0 Å². The number of hydrogen-bond acceptors (Lipinski definition) is 1. The van der Waals surface area contributed by atoms with E-state index in [-0.39, 0.29) is 0 Å². The van der Waals surface area contributed by atoms with Gasteiger partial charge in [0.05, 0.1) is 12.2 Å². The SMILES string of the molecule is CCCCCCC(C)OC1CC(Cl)C1. The highest BCUT2D eigenvalue weighted by molar-refractivity contribution is 6.21. The van der Waals surface area contributed by atoms with Gasteiger partial charge in [0.2, 0.25) is 0 Å². The molecule has 0 N–H and O–H groups in total. The molecule has 1 nitrogen and oxygen atoms in total. The normalized spacial score (nSPS) is 28.5. The molecule has 0 saturated heterocycles. The smallest absolute Gasteiger partial charge is 0.0606 e. The molecule has 0 bridgehead atoms. The van der Waals surface area contributed by atoms with Gasteiger partial charge in [-0.2, -0.15) is 0 Å². The lowest BCUT2D eigenvalue weighted by Crippen LogP contribution is -2.34. The van der Waals surface area contributed by atoms with Crippen LogP contribution in [0.1, 0.15) is 58.8 Å². The van der Waals surface area contributed by atoms with Crippen molar-refractivity contribution in [3.8, 4) is 0 Å². The summed E-state index contributed by atoms with van der Waals surface area (Å²) >= 11 is 5.89. The molecular formula is C12H23ClO. The van der Waals surface area contributed by atoms with Crippen molar-refractivity contribution in [1.82, 2.24) is 0 Å². The molecule has 1 fully saturated rings. The molecule has 0 aromatic rings. The summed E-state index contributed by atoms with van der Waals surface area (Å²) in [6.45, 7) is 4.43. The second-order valence-electron chi connectivity index (χ2n) is 4.49. The lowest BCUT2D eigenvalue weighted by molar-refractivity contribution is -0.0446. The molecule has 0 spiro atoms. The highest BCUT2D eigenvalue weighted by Gasteiger charge is 2.28. The lowest BCUT2D eigenvalue weighted by atomic mass is 9.95. The van der Waals surface area contributed by atoms with Crippen LogP contribution < -0.4 is 0 Å². The van der Waals surface area contributed by atoms with Gasteiger partial charge in [-0.3, -0.25) is 0 Å². The lowest BCUT2D eigenvalue weighted by Gasteiger charge is -2.33. The zero-order chi connectivity index (χ0) is 10.4. The van der Waals surface area contributed by atoms with Gasteiger partial charge in [0.25, 0.3) is 0 Å². The minimum atomic E-state index is 0.382. The summed E-state index contributed by atoms with van der Waals surface area (Å²) in [5.74, 6) is 0. The third kappa shape index (κ3) is 4.65. The Bertz CT molecular complexity index is 143. The Morgan fingerprint density at radius 1 is 1.29 bits per heavy atom. The van der Waals surface area contributed by atoms with Crippen LogP contribution in [0.2, 0.25) is 0 Å². The van der Waals surface area contributed by atoms with Crippen molar-refractivity contribution in [2.24, 2.45) is 0 Å². The Balaban J connectivity index is 1.91. The minimum Gasteiger partial charge on any atom is -0.375 e. The molecule has 1 aliphatic rings. The first-order chi connectivity index (χ1) is 6.72. The average Bonchev–Trinajstić information content (AvgIpc) is 2.10. The molecule has 0 amide bonds. The molecule has 0 radical (unpaired) electrons. The van der Waals surface area contributed by atoms with Gasteiger partial charge in [-0.25, -0.2) is 0 Å². The topological polar surface area (TPSA) is 9.23 Å². The second kappa shape index (κ2) is 6.68. The van der Waals surface area contributed by atoms with Gasteiger partial charge in [0.15, 0.2) is 0 Å². The van der Waals surface area contributed by atoms with Crippen LogP contribution in [-0.2, 0) is 4.74 Å². The maximum atomic E-state index is 5.89. The molecule has 14 heavy (non-hydrogen) atoms. The Labute approximate surface area is 93.2 Å². The second-order valence-corrected chi connectivity index (χ2v) is 5.10. The fourth-order valence-corrected chi connectivity index (χ4v) is 2.27. The van der Waals surface area contributed by atoms with Crippen LogP contribution in [0.5, 0.6) is 0 Å². The Morgan fingerprint density at radius 3 is 2.57 bits per heavy atom. The maximum Gasteiger partial charge on any atom is 0.0606 e. The quantitative estimate of drug-likeness (QED) is 0.461. The van der Waals surface area contributed by atoms with Gasteiger partial charge in [0.1, 0.15) is 0 Å². The van der Waals surface area contributed by atoms with Crippen LogP contribution in [-0.4, -0.2) is 17.6 Å². The van der Waals surface area contributed by atoms with E-state index in [1.54, 1.807) is 0 Å². The van der Waals surface area contributed by atoms with E-state index in [2.05, 4.69) is 13.8 Å². The van der Waals surface area contributed by atoms with Gasteiger partial charge in [-0.1, -0.05) is 32.6 Å². The Hall–Kier alpha value is 0.250. The van der Waals surface area contributed by atoms with E-state index in [1.807, 2.05) is 0 Å². The number of alkyl halides is 1. The molecule has 1 aliphatic carbocycles. The summed E-state index contributed by atoms with van der Waals surface area (Å²) in [4.78, 5) is 0. The first kappa shape index (κ1) is 12.3. The first-order valence-electron chi connectivity index (χ1n) is 6.02. The van der Waals surface area contributed by atoms with Crippen LogP contribution in [0.4, 0.5) is 0 Å². The number of ether oxygens (including phenoxy) is 1. The predicted octanol–water partition coefficient (Wildman–Crippen LogP) is 4.13. The van der Waals surface area contributed by atoms with Crippen LogP contribution in [0.25, 0.3) is 0 Å². The third-order valence-electron chi connectivity index (χ3n) is 2.93. The maximum absolute atomic E-state index is 5.89. The number of hydrogen-bond donors (Lipinski definition) is 0. The summed E-state index contributed by atoms with van der Waals surface area (Å²) in [5, 5.41) is 0.382. The predicted molar refractivity (Wildman–Crippen MR) is 62.0 cm³/mol. The molecule has 2 heteroatoms. The summed E-state index contributed by atoms with van der Waals surface area (Å²) in [6.07, 6.45) is 9.55. The largest absolute Gasteiger partial charge is 0.375 e. The highest BCUT2D eigenvalue weighted by atomic mass is 35.5. The van der Waals surface area contributed by atoms with Crippen LogP contribution >= 0.6 is 11.6 Å². The summed E-state index contributed by atoms with van der Waals surface area (Å²) < 4.78 is 5.85. The van der Waals surface area contributed by atoms with E-state index >= 15 is 0 Å². The van der Waals surface area contributed by atoms with Gasteiger partial charge >= 0.3 is 0 Å². The Morgan fingerprint density at radius 2 is 2.00 bits per heavy atom. The van der Waals surface area contributed by atoms with Crippen molar-refractivity contribution in [2.45, 2.75) is 76.4 Å². The Kier molecular flexibility index (Phi) is 5.88. The van der Waals surface area contributed by atoms with Crippen LogP contribution in [0.15, 0.2) is 0 Å². The molecule has 1 rings (SSSR count). The summed E-state index contributed by atoms with van der Waals surface area (Å²) in [5.41, 5.74) is 0. The average molecular weight is 219 g/mol. The molecule has 0 aliphatic heterocycles. The number of rotatable bonds is 7. The molecule has 0 heterocycles. The molecular weight excluding hydrogens is 196 g/mol. The van der Waals surface area contributed by atoms with Gasteiger partial charge < -0.3 is 4.74 Å². The third-order valence-corrected chi connectivity index (χ3v) is 3.28. The zero-order valence-electron chi connectivity index (χ0n) is 9.47. The van der Waals surface area contributed by atoms with E-state index in [9.17, 15) is 0 Å². The van der Waals surface area contributed by atoms with Crippen molar-refractivity contribution < 1.29 is 4.74 Å². The van der Waals surface area contributed by atoms with Crippen LogP contribution in [0, 0.1) is 0 Å². The van der Waals surface area contributed by atoms with Gasteiger partial charge in [0, 0.05) is 5.38 Å². The zero-order valence-corrected chi connectivity index (χ0v) is 10.2. The van der Waals surface area contributed by atoms with Gasteiger partial charge in [-0.15, -0.1) is 11.6 Å². The number of unbranched alkanes of at least 4 members (excludes halogenated alkanes) is 3. The molecule has 1 atom stereocenters. The van der Waals surface area contributed by atoms with E-state index in [0.29, 0.717) is 17.6 Å². The first-order valence-corrected chi connectivity index (χ1v) is 6.45.